The van der Waals surface area contributed by atoms with Crippen molar-refractivity contribution >= 4 is 39.0 Å². The number of rotatable bonds is 1. The van der Waals surface area contributed by atoms with Crippen LogP contribution in [-0.4, -0.2) is 11.8 Å². The summed E-state index contributed by atoms with van der Waals surface area (Å²) >= 11 is 7.29. The van der Waals surface area contributed by atoms with E-state index in [2.05, 4.69) is 39.6 Å². The van der Waals surface area contributed by atoms with Crippen molar-refractivity contribution in [2.24, 2.45) is 0 Å². The molecule has 1 aliphatic rings. The molecule has 2 unspecified atom stereocenters. The van der Waals surface area contributed by atoms with Crippen LogP contribution in [0.2, 0.25) is 0 Å². The van der Waals surface area contributed by atoms with E-state index in [0.717, 1.165) is 11.8 Å². The van der Waals surface area contributed by atoms with Crippen LogP contribution in [0.5, 0.6) is 0 Å². The smallest absolute Gasteiger partial charge is 0.0800 e. The van der Waals surface area contributed by atoms with Crippen molar-refractivity contribution in [1.29, 1.82) is 0 Å². The van der Waals surface area contributed by atoms with Gasteiger partial charge in [0.1, 0.15) is 0 Å². The van der Waals surface area contributed by atoms with Crippen molar-refractivity contribution in [3.63, 3.8) is 0 Å². The Balaban J connectivity index is 2.08. The number of hydrogen-bond acceptors (Lipinski definition) is 3. The van der Waals surface area contributed by atoms with Crippen LogP contribution in [-0.2, 0) is 0 Å². The summed E-state index contributed by atoms with van der Waals surface area (Å²) in [5, 5.41) is 7.05. The molecule has 13 heavy (non-hydrogen) atoms. The first-order chi connectivity index (χ1) is 6.25. The van der Waals surface area contributed by atoms with Crippen molar-refractivity contribution in [3.8, 4) is 0 Å². The molecule has 1 aromatic rings. The zero-order valence-electron chi connectivity index (χ0n) is 7.42. The predicted octanol–water partition coefficient (Wildman–Crippen LogP) is 3.62. The molecule has 0 bridgehead atoms. The highest BCUT2D eigenvalue weighted by atomic mass is 79.9. The third-order valence-electron chi connectivity index (χ3n) is 2.14. The van der Waals surface area contributed by atoms with Crippen LogP contribution in [0.4, 0.5) is 0 Å². The lowest BCUT2D eigenvalue weighted by Gasteiger charge is -2.27. The molecule has 1 aliphatic heterocycles. The molecule has 1 aromatic heterocycles. The SMILES string of the molecule is CC1CCNC(c2csc(Br)c2)S1. The molecule has 0 aliphatic carbocycles. The Labute approximate surface area is 95.4 Å². The number of thiophene rings is 1. The van der Waals surface area contributed by atoms with Crippen LogP contribution in [0.15, 0.2) is 15.2 Å². The maximum Gasteiger partial charge on any atom is 0.0800 e. The van der Waals surface area contributed by atoms with Crippen molar-refractivity contribution in [2.45, 2.75) is 24.0 Å². The van der Waals surface area contributed by atoms with Gasteiger partial charge in [0.25, 0.3) is 0 Å². The molecule has 4 heteroatoms. The molecule has 1 N–H and O–H groups in total. The molecule has 0 radical (unpaired) electrons. The molecular formula is C9H12BrNS2. The van der Waals surface area contributed by atoms with Gasteiger partial charge in [-0.1, -0.05) is 6.92 Å². The highest BCUT2D eigenvalue weighted by Gasteiger charge is 2.20. The van der Waals surface area contributed by atoms with Crippen LogP contribution >= 0.6 is 39.0 Å². The molecule has 1 fully saturated rings. The molecule has 0 saturated carbocycles. The third kappa shape index (κ3) is 2.49. The van der Waals surface area contributed by atoms with E-state index in [4.69, 9.17) is 0 Å². The van der Waals surface area contributed by atoms with E-state index in [1.165, 1.54) is 15.8 Å². The van der Waals surface area contributed by atoms with E-state index >= 15 is 0 Å². The number of hydrogen-bond donors (Lipinski definition) is 1. The quantitative estimate of drug-likeness (QED) is 0.842. The van der Waals surface area contributed by atoms with E-state index in [9.17, 15) is 0 Å². The van der Waals surface area contributed by atoms with Gasteiger partial charge in [-0.3, -0.25) is 0 Å². The Bertz CT molecular complexity index is 287. The number of nitrogens with one attached hydrogen (secondary N) is 1. The summed E-state index contributed by atoms with van der Waals surface area (Å²) in [6.07, 6.45) is 1.28. The second-order valence-electron chi connectivity index (χ2n) is 3.25. The molecule has 0 spiro atoms. The molecule has 2 rings (SSSR count). The van der Waals surface area contributed by atoms with Crippen molar-refractivity contribution < 1.29 is 0 Å². The minimum absolute atomic E-state index is 0.506. The van der Waals surface area contributed by atoms with Gasteiger partial charge in [-0.05, 0) is 45.9 Å². The Morgan fingerprint density at radius 3 is 3.08 bits per heavy atom. The van der Waals surface area contributed by atoms with E-state index < -0.39 is 0 Å². The molecule has 1 nitrogen and oxygen atoms in total. The summed E-state index contributed by atoms with van der Waals surface area (Å²) < 4.78 is 1.23. The molecule has 0 aromatic carbocycles. The normalized spacial score (nSPS) is 29.1. The highest BCUT2D eigenvalue weighted by molar-refractivity contribution is 9.11. The molecule has 0 amide bonds. The first kappa shape index (κ1) is 10.0. The van der Waals surface area contributed by atoms with Gasteiger partial charge < -0.3 is 5.32 Å². The van der Waals surface area contributed by atoms with E-state index in [1.807, 2.05) is 11.8 Å². The monoisotopic (exact) mass is 277 g/mol. The van der Waals surface area contributed by atoms with Gasteiger partial charge in [0, 0.05) is 5.25 Å². The Hall–Kier alpha value is 0.490. The topological polar surface area (TPSA) is 12.0 Å². The maximum atomic E-state index is 3.53. The van der Waals surface area contributed by atoms with Crippen molar-refractivity contribution in [3.05, 3.63) is 20.8 Å². The fourth-order valence-corrected chi connectivity index (χ4v) is 3.94. The number of halogens is 1. The molecule has 1 saturated heterocycles. The molecule has 2 atom stereocenters. The van der Waals surface area contributed by atoms with Crippen molar-refractivity contribution in [1.82, 2.24) is 5.32 Å². The van der Waals surface area contributed by atoms with Gasteiger partial charge in [0.15, 0.2) is 0 Å². The average molecular weight is 278 g/mol. The van der Waals surface area contributed by atoms with Gasteiger partial charge in [-0.25, -0.2) is 0 Å². The van der Waals surface area contributed by atoms with Crippen LogP contribution in [0, 0.1) is 0 Å². The zero-order chi connectivity index (χ0) is 9.26. The van der Waals surface area contributed by atoms with Gasteiger partial charge in [0.05, 0.1) is 9.16 Å². The molecule has 2 heterocycles. The second-order valence-corrected chi connectivity index (χ2v) is 7.09. The summed E-state index contributed by atoms with van der Waals surface area (Å²) in [4.78, 5) is 0. The maximum absolute atomic E-state index is 3.53. The number of thioether (sulfide) groups is 1. The summed E-state index contributed by atoms with van der Waals surface area (Å²) in [7, 11) is 0. The van der Waals surface area contributed by atoms with Crippen LogP contribution in [0.3, 0.4) is 0 Å². The standard InChI is InChI=1S/C9H12BrNS2/c1-6-2-3-11-9(13-6)7-4-8(10)12-5-7/h4-6,9,11H,2-3H2,1H3. The second kappa shape index (κ2) is 4.34. The predicted molar refractivity (Wildman–Crippen MR) is 64.4 cm³/mol. The van der Waals surface area contributed by atoms with Gasteiger partial charge in [0.2, 0.25) is 0 Å². The lowest BCUT2D eigenvalue weighted by Crippen LogP contribution is -2.28. The summed E-state index contributed by atoms with van der Waals surface area (Å²) in [5.74, 6) is 0. The first-order valence-corrected chi connectivity index (χ1v) is 7.00. The molecule has 72 valence electrons. The minimum atomic E-state index is 0.506. The van der Waals surface area contributed by atoms with E-state index in [-0.39, 0.29) is 0 Å². The van der Waals surface area contributed by atoms with E-state index in [1.54, 1.807) is 11.3 Å². The fourth-order valence-electron chi connectivity index (χ4n) is 1.42. The fraction of sp³-hybridized carbons (Fsp3) is 0.556. The minimum Gasteiger partial charge on any atom is -0.302 e. The van der Waals surface area contributed by atoms with Crippen LogP contribution in [0.25, 0.3) is 0 Å². The third-order valence-corrected chi connectivity index (χ3v) is 5.07. The van der Waals surface area contributed by atoms with Gasteiger partial charge in [-0.15, -0.1) is 23.1 Å². The van der Waals surface area contributed by atoms with Crippen LogP contribution in [0.1, 0.15) is 24.3 Å². The van der Waals surface area contributed by atoms with E-state index in [0.29, 0.717) is 5.37 Å². The summed E-state index contributed by atoms with van der Waals surface area (Å²) in [6.45, 7) is 3.45. The summed E-state index contributed by atoms with van der Waals surface area (Å²) in [5.41, 5.74) is 1.41. The average Bonchev–Trinajstić information content (AvgIpc) is 2.52. The Kier molecular flexibility index (Phi) is 3.35. The Morgan fingerprint density at radius 1 is 1.62 bits per heavy atom. The zero-order valence-corrected chi connectivity index (χ0v) is 10.6. The lowest BCUT2D eigenvalue weighted by molar-refractivity contribution is 0.606. The lowest BCUT2D eigenvalue weighted by atomic mass is 10.3. The van der Waals surface area contributed by atoms with Gasteiger partial charge >= 0.3 is 0 Å². The Morgan fingerprint density at radius 2 is 2.46 bits per heavy atom. The largest absolute Gasteiger partial charge is 0.302 e. The highest BCUT2D eigenvalue weighted by Crippen LogP contribution is 2.37. The first-order valence-electron chi connectivity index (χ1n) is 4.38. The van der Waals surface area contributed by atoms with Gasteiger partial charge in [-0.2, -0.15) is 0 Å². The van der Waals surface area contributed by atoms with Crippen molar-refractivity contribution in [2.75, 3.05) is 6.54 Å². The summed E-state index contributed by atoms with van der Waals surface area (Å²) in [6, 6.07) is 2.22. The molecular weight excluding hydrogens is 266 g/mol. The van der Waals surface area contributed by atoms with Crippen LogP contribution < -0.4 is 5.32 Å².